The number of carbonyl (C=O) groups excluding carboxylic acids is 1. The minimum Gasteiger partial charge on any atom is -0.321 e. The lowest BCUT2D eigenvalue weighted by atomic mass is 9.92. The van der Waals surface area contributed by atoms with Crippen LogP contribution >= 0.6 is 11.6 Å². The second kappa shape index (κ2) is 7.80. The Hall–Kier alpha value is -2.18. The molecule has 1 aromatic carbocycles. The maximum absolute atomic E-state index is 12.9. The van der Waals surface area contributed by atoms with Crippen molar-refractivity contribution in [1.29, 1.82) is 0 Å². The first-order valence-corrected chi connectivity index (χ1v) is 8.55. The predicted octanol–water partition coefficient (Wildman–Crippen LogP) is 3.94. The third-order valence-electron chi connectivity index (χ3n) is 3.93. The highest BCUT2D eigenvalue weighted by Gasteiger charge is 2.20. The zero-order valence-corrected chi connectivity index (χ0v) is 15.9. The van der Waals surface area contributed by atoms with Crippen molar-refractivity contribution in [2.75, 3.05) is 17.4 Å². The molecule has 0 radical (unpaired) electrons. The number of aromatic nitrogens is 2. The largest absolute Gasteiger partial charge is 0.321 e. The second-order valence-electron chi connectivity index (χ2n) is 6.56. The summed E-state index contributed by atoms with van der Waals surface area (Å²) in [5, 5.41) is 4.32. The lowest BCUT2D eigenvalue weighted by Crippen LogP contribution is -2.30. The molecule has 0 atom stereocenters. The molecule has 6 nitrogen and oxygen atoms in total. The van der Waals surface area contributed by atoms with Gasteiger partial charge in [-0.25, -0.2) is 10.8 Å². The minimum atomic E-state index is -0.320. The van der Waals surface area contributed by atoms with Gasteiger partial charge >= 0.3 is 0 Å². The first kappa shape index (κ1) is 19.1. The van der Waals surface area contributed by atoms with Crippen molar-refractivity contribution < 1.29 is 4.79 Å². The van der Waals surface area contributed by atoms with Crippen LogP contribution in [0.2, 0.25) is 5.28 Å². The van der Waals surface area contributed by atoms with Gasteiger partial charge < -0.3 is 5.32 Å². The molecule has 0 saturated heterocycles. The van der Waals surface area contributed by atoms with Crippen LogP contribution in [0.15, 0.2) is 24.4 Å². The van der Waals surface area contributed by atoms with Crippen molar-refractivity contribution >= 4 is 29.0 Å². The smallest absolute Gasteiger partial charge is 0.261 e. The molecule has 0 fully saturated rings. The second-order valence-corrected chi connectivity index (χ2v) is 6.90. The van der Waals surface area contributed by atoms with E-state index in [-0.39, 0.29) is 34.4 Å². The van der Waals surface area contributed by atoms with Gasteiger partial charge in [-0.3, -0.25) is 9.80 Å². The summed E-state index contributed by atoms with van der Waals surface area (Å²) in [6.07, 6.45) is 1.39. The van der Waals surface area contributed by atoms with Gasteiger partial charge in [0.1, 0.15) is 5.56 Å². The van der Waals surface area contributed by atoms with Crippen molar-refractivity contribution in [2.24, 2.45) is 5.84 Å². The van der Waals surface area contributed by atoms with Crippen LogP contribution in [0.3, 0.4) is 0 Å². The van der Waals surface area contributed by atoms with E-state index in [1.807, 2.05) is 18.2 Å². The van der Waals surface area contributed by atoms with Gasteiger partial charge in [-0.2, -0.15) is 4.98 Å². The van der Waals surface area contributed by atoms with Crippen molar-refractivity contribution in [3.8, 4) is 0 Å². The van der Waals surface area contributed by atoms with Gasteiger partial charge in [-0.05, 0) is 34.6 Å². The quantitative estimate of drug-likeness (QED) is 0.478. The number of nitrogens with zero attached hydrogens (tertiary/aromatic N) is 3. The fourth-order valence-electron chi connectivity index (χ4n) is 2.66. The molecule has 1 amide bonds. The van der Waals surface area contributed by atoms with Crippen LogP contribution in [-0.4, -0.2) is 22.9 Å². The van der Waals surface area contributed by atoms with E-state index in [9.17, 15) is 4.79 Å². The molecule has 1 heterocycles. The number of nitrogens with two attached hydrogens (primary N) is 1. The van der Waals surface area contributed by atoms with Crippen molar-refractivity contribution in [3.63, 3.8) is 0 Å². The number of anilines is 2. The minimum absolute atomic E-state index is 0.0364. The summed E-state index contributed by atoms with van der Waals surface area (Å²) in [7, 11) is 1.59. The average Bonchev–Trinajstić information content (AvgIpc) is 2.54. The van der Waals surface area contributed by atoms with Crippen molar-refractivity contribution in [2.45, 2.75) is 39.5 Å². The summed E-state index contributed by atoms with van der Waals surface area (Å²) in [6.45, 7) is 8.39. The summed E-state index contributed by atoms with van der Waals surface area (Å²) in [4.78, 5) is 20.8. The maximum atomic E-state index is 12.9. The van der Waals surface area contributed by atoms with E-state index in [2.05, 4.69) is 43.0 Å². The van der Waals surface area contributed by atoms with Gasteiger partial charge in [-0.1, -0.05) is 45.9 Å². The van der Waals surface area contributed by atoms with Crippen LogP contribution in [0.1, 0.15) is 61.0 Å². The number of hydrogen-bond donors (Lipinski definition) is 2. The number of rotatable bonds is 5. The number of amides is 1. The summed E-state index contributed by atoms with van der Waals surface area (Å²) in [5.41, 5.74) is 3.26. The Labute approximate surface area is 153 Å². The molecule has 1 aromatic heterocycles. The van der Waals surface area contributed by atoms with Crippen LogP contribution < -0.4 is 16.2 Å². The molecule has 0 aliphatic carbocycles. The number of hydrazine groups is 1. The van der Waals surface area contributed by atoms with E-state index >= 15 is 0 Å². The number of para-hydroxylation sites is 1. The molecular formula is C18H24ClN5O. The topological polar surface area (TPSA) is 84.1 Å². The standard InChI is InChI=1S/C18H24ClN5O/c1-10(2)12-7-6-8-13(11(3)4)15(12)22-17(25)14-9-21-18(19)23-16(14)24(5)20/h6-11H,20H2,1-5H3,(H,22,25). The summed E-state index contributed by atoms with van der Waals surface area (Å²) in [6, 6.07) is 6.08. The van der Waals surface area contributed by atoms with Crippen molar-refractivity contribution in [1.82, 2.24) is 9.97 Å². The molecule has 0 saturated carbocycles. The Morgan fingerprint density at radius 1 is 1.20 bits per heavy atom. The van der Waals surface area contributed by atoms with Gasteiger partial charge in [0.2, 0.25) is 5.28 Å². The predicted molar refractivity (Wildman–Crippen MR) is 102 cm³/mol. The molecular weight excluding hydrogens is 338 g/mol. The van der Waals surface area contributed by atoms with Crippen LogP contribution in [0.4, 0.5) is 11.5 Å². The number of nitrogens with one attached hydrogen (secondary N) is 1. The fourth-order valence-corrected chi connectivity index (χ4v) is 2.79. The van der Waals surface area contributed by atoms with Gasteiger partial charge in [0.15, 0.2) is 5.82 Å². The van der Waals surface area contributed by atoms with E-state index in [1.165, 1.54) is 11.2 Å². The number of benzene rings is 1. The number of halogens is 1. The first-order chi connectivity index (χ1) is 11.7. The number of hydrogen-bond acceptors (Lipinski definition) is 5. The van der Waals surface area contributed by atoms with E-state index in [4.69, 9.17) is 17.4 Å². The molecule has 2 aromatic rings. The van der Waals surface area contributed by atoms with E-state index in [0.29, 0.717) is 0 Å². The summed E-state index contributed by atoms with van der Waals surface area (Å²) >= 11 is 5.82. The average molecular weight is 362 g/mol. The monoisotopic (exact) mass is 361 g/mol. The van der Waals surface area contributed by atoms with E-state index in [1.54, 1.807) is 7.05 Å². The van der Waals surface area contributed by atoms with E-state index in [0.717, 1.165) is 16.8 Å². The van der Waals surface area contributed by atoms with Crippen LogP contribution in [0.25, 0.3) is 0 Å². The van der Waals surface area contributed by atoms with E-state index < -0.39 is 0 Å². The van der Waals surface area contributed by atoms with Crippen LogP contribution in [0.5, 0.6) is 0 Å². The summed E-state index contributed by atoms with van der Waals surface area (Å²) < 4.78 is 0. The molecule has 0 aliphatic rings. The highest BCUT2D eigenvalue weighted by molar-refractivity contribution is 6.28. The Kier molecular flexibility index (Phi) is 5.98. The highest BCUT2D eigenvalue weighted by Crippen LogP contribution is 2.33. The lowest BCUT2D eigenvalue weighted by Gasteiger charge is -2.21. The Balaban J connectivity index is 2.49. The van der Waals surface area contributed by atoms with Gasteiger partial charge in [-0.15, -0.1) is 0 Å². The van der Waals surface area contributed by atoms with Gasteiger partial charge in [0, 0.05) is 18.9 Å². The SMILES string of the molecule is CC(C)c1cccc(C(C)C)c1NC(=O)c1cnc(Cl)nc1N(C)N. The molecule has 7 heteroatoms. The van der Waals surface area contributed by atoms with Gasteiger partial charge in [0.25, 0.3) is 5.91 Å². The number of carbonyl (C=O) groups is 1. The third-order valence-corrected chi connectivity index (χ3v) is 4.11. The lowest BCUT2D eigenvalue weighted by molar-refractivity contribution is 0.102. The molecule has 0 spiro atoms. The Bertz CT molecular complexity index is 748. The van der Waals surface area contributed by atoms with Crippen LogP contribution in [0, 0.1) is 0 Å². The molecule has 2 rings (SSSR count). The van der Waals surface area contributed by atoms with Gasteiger partial charge in [0.05, 0.1) is 0 Å². The zero-order chi connectivity index (χ0) is 18.7. The van der Waals surface area contributed by atoms with Crippen LogP contribution in [-0.2, 0) is 0 Å². The highest BCUT2D eigenvalue weighted by atomic mass is 35.5. The first-order valence-electron chi connectivity index (χ1n) is 8.17. The molecule has 0 bridgehead atoms. The normalized spacial score (nSPS) is 11.1. The maximum Gasteiger partial charge on any atom is 0.261 e. The third kappa shape index (κ3) is 4.27. The summed E-state index contributed by atoms with van der Waals surface area (Å²) in [5.74, 6) is 6.26. The Morgan fingerprint density at radius 3 is 2.24 bits per heavy atom. The van der Waals surface area contributed by atoms with Crippen molar-refractivity contribution in [3.05, 3.63) is 46.4 Å². The Morgan fingerprint density at radius 2 is 1.76 bits per heavy atom. The molecule has 0 aliphatic heterocycles. The molecule has 25 heavy (non-hydrogen) atoms. The zero-order valence-electron chi connectivity index (χ0n) is 15.2. The molecule has 134 valence electrons. The molecule has 3 N–H and O–H groups in total. The fraction of sp³-hybridized carbons (Fsp3) is 0.389. The molecule has 0 unspecified atom stereocenters.